The highest BCUT2D eigenvalue weighted by Gasteiger charge is 2.13. The maximum absolute atomic E-state index is 14.4. The van der Waals surface area contributed by atoms with Crippen LogP contribution in [-0.4, -0.2) is 15.2 Å². The first kappa shape index (κ1) is 10.5. The van der Waals surface area contributed by atoms with E-state index in [0.717, 1.165) is 0 Å². The SMILES string of the molecule is Nc1cc(N)c2ccc(-c3ccn[nH]3)c(F)c2n1. The second-order valence-corrected chi connectivity index (χ2v) is 3.93. The molecular weight excluding hydrogens is 233 g/mol. The first-order chi connectivity index (χ1) is 8.66. The van der Waals surface area contributed by atoms with Crippen molar-refractivity contribution in [3.05, 3.63) is 36.3 Å². The third-order valence-corrected chi connectivity index (χ3v) is 2.76. The summed E-state index contributed by atoms with van der Waals surface area (Å²) in [6.45, 7) is 0. The molecule has 1 aromatic carbocycles. The molecule has 0 unspecified atom stereocenters. The van der Waals surface area contributed by atoms with Crippen molar-refractivity contribution in [2.75, 3.05) is 11.5 Å². The van der Waals surface area contributed by atoms with E-state index >= 15 is 0 Å². The van der Waals surface area contributed by atoms with Crippen LogP contribution >= 0.6 is 0 Å². The summed E-state index contributed by atoms with van der Waals surface area (Å²) in [7, 11) is 0. The Morgan fingerprint density at radius 2 is 2.00 bits per heavy atom. The van der Waals surface area contributed by atoms with Gasteiger partial charge in [0.25, 0.3) is 0 Å². The molecule has 3 rings (SSSR count). The van der Waals surface area contributed by atoms with Crippen molar-refractivity contribution in [3.8, 4) is 11.3 Å². The zero-order valence-corrected chi connectivity index (χ0v) is 9.31. The van der Waals surface area contributed by atoms with Crippen molar-refractivity contribution >= 4 is 22.4 Å². The minimum Gasteiger partial charge on any atom is -0.398 e. The van der Waals surface area contributed by atoms with Gasteiger partial charge in [-0.05, 0) is 18.2 Å². The quantitative estimate of drug-likeness (QED) is 0.608. The molecule has 18 heavy (non-hydrogen) atoms. The Labute approximate surface area is 102 Å². The zero-order chi connectivity index (χ0) is 12.7. The number of hydrogen-bond acceptors (Lipinski definition) is 4. The molecule has 6 heteroatoms. The molecule has 3 aromatic rings. The maximum atomic E-state index is 14.4. The molecule has 0 atom stereocenters. The van der Waals surface area contributed by atoms with Gasteiger partial charge in [-0.15, -0.1) is 0 Å². The van der Waals surface area contributed by atoms with Gasteiger partial charge in [-0.3, -0.25) is 5.10 Å². The van der Waals surface area contributed by atoms with Gasteiger partial charge in [0.05, 0.1) is 5.69 Å². The van der Waals surface area contributed by atoms with Gasteiger partial charge in [-0.25, -0.2) is 9.37 Å². The smallest absolute Gasteiger partial charge is 0.158 e. The van der Waals surface area contributed by atoms with E-state index < -0.39 is 5.82 Å². The topological polar surface area (TPSA) is 93.6 Å². The summed E-state index contributed by atoms with van der Waals surface area (Å²) in [6.07, 6.45) is 1.56. The van der Waals surface area contributed by atoms with Crippen LogP contribution in [0, 0.1) is 5.82 Å². The van der Waals surface area contributed by atoms with Gasteiger partial charge in [0, 0.05) is 28.9 Å². The van der Waals surface area contributed by atoms with E-state index in [1.54, 1.807) is 24.4 Å². The van der Waals surface area contributed by atoms with Crippen LogP contribution in [0.1, 0.15) is 0 Å². The number of nitrogens with zero attached hydrogens (tertiary/aromatic N) is 2. The summed E-state index contributed by atoms with van der Waals surface area (Å²) in [4.78, 5) is 4.00. The minimum atomic E-state index is -0.462. The molecule has 0 aliphatic rings. The minimum absolute atomic E-state index is 0.166. The average Bonchev–Trinajstić information content (AvgIpc) is 2.84. The number of nitrogens with one attached hydrogen (secondary N) is 1. The monoisotopic (exact) mass is 243 g/mol. The Morgan fingerprint density at radius 3 is 2.72 bits per heavy atom. The number of fused-ring (bicyclic) bond motifs is 1. The number of aromatic nitrogens is 3. The van der Waals surface area contributed by atoms with E-state index in [1.807, 2.05) is 0 Å². The Bertz CT molecular complexity index is 721. The predicted molar refractivity (Wildman–Crippen MR) is 68.1 cm³/mol. The van der Waals surface area contributed by atoms with Crippen LogP contribution in [0.3, 0.4) is 0 Å². The Kier molecular flexibility index (Phi) is 2.16. The number of benzene rings is 1. The highest BCUT2D eigenvalue weighted by Crippen LogP contribution is 2.30. The van der Waals surface area contributed by atoms with Crippen LogP contribution in [0.2, 0.25) is 0 Å². The first-order valence-corrected chi connectivity index (χ1v) is 5.31. The highest BCUT2D eigenvalue weighted by molar-refractivity contribution is 5.94. The summed E-state index contributed by atoms with van der Waals surface area (Å²) in [5.74, 6) is -0.267. The number of nitrogen functional groups attached to an aromatic ring is 2. The van der Waals surface area contributed by atoms with Gasteiger partial charge in [-0.1, -0.05) is 0 Å². The number of hydrogen-bond donors (Lipinski definition) is 3. The third-order valence-electron chi connectivity index (χ3n) is 2.76. The molecule has 0 saturated heterocycles. The lowest BCUT2D eigenvalue weighted by Gasteiger charge is -2.07. The van der Waals surface area contributed by atoms with Crippen LogP contribution in [0.25, 0.3) is 22.2 Å². The Morgan fingerprint density at radius 1 is 1.17 bits per heavy atom. The molecule has 0 aliphatic heterocycles. The van der Waals surface area contributed by atoms with Crippen LogP contribution in [0.4, 0.5) is 15.9 Å². The molecule has 0 fully saturated rings. The number of aromatic amines is 1. The fraction of sp³-hybridized carbons (Fsp3) is 0. The third kappa shape index (κ3) is 1.46. The summed E-state index contributed by atoms with van der Waals surface area (Å²) >= 11 is 0. The van der Waals surface area contributed by atoms with Gasteiger partial charge < -0.3 is 11.5 Å². The van der Waals surface area contributed by atoms with Gasteiger partial charge >= 0.3 is 0 Å². The molecule has 0 aliphatic carbocycles. The van der Waals surface area contributed by atoms with Gasteiger partial charge in [0.15, 0.2) is 5.82 Å². The number of anilines is 2. The zero-order valence-electron chi connectivity index (χ0n) is 9.31. The van der Waals surface area contributed by atoms with Crippen molar-refractivity contribution in [2.45, 2.75) is 0 Å². The summed E-state index contributed by atoms with van der Waals surface area (Å²) in [6, 6.07) is 6.55. The van der Waals surface area contributed by atoms with Crippen molar-refractivity contribution in [1.29, 1.82) is 0 Å². The van der Waals surface area contributed by atoms with Crippen molar-refractivity contribution in [2.24, 2.45) is 0 Å². The highest BCUT2D eigenvalue weighted by atomic mass is 19.1. The van der Waals surface area contributed by atoms with Crippen LogP contribution in [0.5, 0.6) is 0 Å². The summed E-state index contributed by atoms with van der Waals surface area (Å²) < 4.78 is 14.4. The summed E-state index contributed by atoms with van der Waals surface area (Å²) in [5.41, 5.74) is 12.9. The van der Waals surface area contributed by atoms with Crippen LogP contribution in [0.15, 0.2) is 30.5 Å². The molecule has 5 nitrogen and oxygen atoms in total. The van der Waals surface area contributed by atoms with Gasteiger partial charge in [0.1, 0.15) is 11.3 Å². The second-order valence-electron chi connectivity index (χ2n) is 3.93. The lowest BCUT2D eigenvalue weighted by atomic mass is 10.1. The lowest BCUT2D eigenvalue weighted by molar-refractivity contribution is 0.639. The first-order valence-electron chi connectivity index (χ1n) is 5.31. The van der Waals surface area contributed by atoms with Crippen LogP contribution < -0.4 is 11.5 Å². The number of halogens is 1. The van der Waals surface area contributed by atoms with Gasteiger partial charge in [-0.2, -0.15) is 5.10 Å². The van der Waals surface area contributed by atoms with Crippen molar-refractivity contribution < 1.29 is 4.39 Å². The molecule has 0 radical (unpaired) electrons. The number of pyridine rings is 1. The molecule has 0 bridgehead atoms. The van der Waals surface area contributed by atoms with E-state index in [0.29, 0.717) is 22.3 Å². The van der Waals surface area contributed by atoms with E-state index in [1.165, 1.54) is 6.07 Å². The largest absolute Gasteiger partial charge is 0.398 e. The molecule has 0 amide bonds. The van der Waals surface area contributed by atoms with E-state index in [-0.39, 0.29) is 11.3 Å². The Hall–Kier alpha value is -2.63. The summed E-state index contributed by atoms with van der Waals surface area (Å²) in [5, 5.41) is 7.05. The molecule has 2 heterocycles. The van der Waals surface area contributed by atoms with E-state index in [4.69, 9.17) is 11.5 Å². The Balaban J connectivity index is 2.36. The normalized spacial score (nSPS) is 10.9. The maximum Gasteiger partial charge on any atom is 0.158 e. The molecule has 5 N–H and O–H groups in total. The molecular formula is C12H10FN5. The van der Waals surface area contributed by atoms with E-state index in [2.05, 4.69) is 15.2 Å². The number of H-pyrrole nitrogens is 1. The van der Waals surface area contributed by atoms with Crippen molar-refractivity contribution in [3.63, 3.8) is 0 Å². The van der Waals surface area contributed by atoms with Crippen LogP contribution in [-0.2, 0) is 0 Å². The molecule has 0 saturated carbocycles. The molecule has 2 aromatic heterocycles. The number of rotatable bonds is 1. The fourth-order valence-electron chi connectivity index (χ4n) is 1.92. The lowest BCUT2D eigenvalue weighted by Crippen LogP contribution is -1.98. The van der Waals surface area contributed by atoms with E-state index in [9.17, 15) is 4.39 Å². The predicted octanol–water partition coefficient (Wildman–Crippen LogP) is 1.93. The second kappa shape index (κ2) is 3.69. The molecule has 0 spiro atoms. The fourth-order valence-corrected chi connectivity index (χ4v) is 1.92. The van der Waals surface area contributed by atoms with Crippen molar-refractivity contribution in [1.82, 2.24) is 15.2 Å². The van der Waals surface area contributed by atoms with Gasteiger partial charge in [0.2, 0.25) is 0 Å². The standard InChI is InChI=1S/C12H10FN5/c13-11-7(9-3-4-16-18-9)2-1-6-8(14)5-10(15)17-12(6)11/h1-5H,(H,16,18)(H4,14,15,17). The molecule has 90 valence electrons. The average molecular weight is 243 g/mol. The number of nitrogens with two attached hydrogens (primary N) is 2.